The third-order valence-electron chi connectivity index (χ3n) is 2.35. The topological polar surface area (TPSA) is 52.6 Å². The molecule has 4 heteroatoms. The fraction of sp³-hybridized carbons (Fsp3) is 0.467. The molecule has 0 bridgehead atoms. The van der Waals surface area contributed by atoms with E-state index in [0.29, 0.717) is 19.4 Å². The largest absolute Gasteiger partial charge is 0.469 e. The number of methoxy groups -OCH3 is 2. The third-order valence-corrected chi connectivity index (χ3v) is 2.35. The highest BCUT2D eigenvalue weighted by Crippen LogP contribution is 2.01. The Morgan fingerprint density at radius 3 is 2.16 bits per heavy atom. The predicted molar refractivity (Wildman–Crippen MR) is 74.0 cm³/mol. The van der Waals surface area contributed by atoms with E-state index in [4.69, 9.17) is 0 Å². The Morgan fingerprint density at radius 2 is 1.68 bits per heavy atom. The van der Waals surface area contributed by atoms with Gasteiger partial charge in [-0.25, -0.2) is 0 Å². The van der Waals surface area contributed by atoms with Crippen LogP contribution in [0.15, 0.2) is 30.3 Å². The number of aryl methyl sites for hydroxylation is 1. The van der Waals surface area contributed by atoms with Crippen molar-refractivity contribution in [1.29, 1.82) is 0 Å². The van der Waals surface area contributed by atoms with Gasteiger partial charge in [0, 0.05) is 13.5 Å². The molecule has 1 aromatic carbocycles. The third kappa shape index (κ3) is 11.2. The molecule has 0 aromatic heterocycles. The molecule has 0 N–H and O–H groups in total. The Bertz CT molecular complexity index is 360. The van der Waals surface area contributed by atoms with Crippen LogP contribution in [0.2, 0.25) is 0 Å². The van der Waals surface area contributed by atoms with Gasteiger partial charge in [-0.15, -0.1) is 0 Å². The van der Waals surface area contributed by atoms with E-state index in [1.165, 1.54) is 12.7 Å². The van der Waals surface area contributed by atoms with Crippen molar-refractivity contribution in [1.82, 2.24) is 0 Å². The number of esters is 1. The van der Waals surface area contributed by atoms with Crippen molar-refractivity contribution in [3.05, 3.63) is 35.9 Å². The van der Waals surface area contributed by atoms with E-state index in [9.17, 15) is 9.59 Å². The summed E-state index contributed by atoms with van der Waals surface area (Å²) in [4.78, 5) is 20.9. The first kappa shape index (κ1) is 17.3. The SMILES string of the molecule is CC(=O)CCc1ccccc1.COCCC(=O)OC. The summed E-state index contributed by atoms with van der Waals surface area (Å²) in [6.45, 7) is 2.07. The van der Waals surface area contributed by atoms with E-state index >= 15 is 0 Å². The molecular weight excluding hydrogens is 244 g/mol. The summed E-state index contributed by atoms with van der Waals surface area (Å²) in [5.74, 6) is 0.0284. The zero-order valence-electron chi connectivity index (χ0n) is 11.8. The van der Waals surface area contributed by atoms with Crippen LogP contribution in [-0.4, -0.2) is 32.6 Å². The Morgan fingerprint density at radius 1 is 1.05 bits per heavy atom. The van der Waals surface area contributed by atoms with Crippen molar-refractivity contribution in [2.24, 2.45) is 0 Å². The highest BCUT2D eigenvalue weighted by molar-refractivity contribution is 5.75. The van der Waals surface area contributed by atoms with Gasteiger partial charge in [0.15, 0.2) is 0 Å². The highest BCUT2D eigenvalue weighted by atomic mass is 16.5. The van der Waals surface area contributed by atoms with Crippen LogP contribution in [0.3, 0.4) is 0 Å². The molecule has 1 rings (SSSR count). The van der Waals surface area contributed by atoms with Crippen LogP contribution in [0.1, 0.15) is 25.3 Å². The second-order valence-corrected chi connectivity index (χ2v) is 4.01. The van der Waals surface area contributed by atoms with Crippen LogP contribution in [0, 0.1) is 0 Å². The molecule has 0 fully saturated rings. The monoisotopic (exact) mass is 266 g/mol. The smallest absolute Gasteiger partial charge is 0.307 e. The molecule has 0 aliphatic heterocycles. The Labute approximate surface area is 114 Å². The van der Waals surface area contributed by atoms with Gasteiger partial charge in [0.2, 0.25) is 0 Å². The second kappa shape index (κ2) is 11.4. The number of hydrogen-bond acceptors (Lipinski definition) is 4. The summed E-state index contributed by atoms with van der Waals surface area (Å²) >= 11 is 0. The van der Waals surface area contributed by atoms with Crippen molar-refractivity contribution in [2.75, 3.05) is 20.8 Å². The second-order valence-electron chi connectivity index (χ2n) is 4.01. The number of Topliss-reactive ketones (excluding diaryl/α,β-unsaturated/α-hetero) is 1. The molecule has 0 saturated carbocycles. The van der Waals surface area contributed by atoms with Gasteiger partial charge in [0.1, 0.15) is 5.78 Å². The predicted octanol–water partition coefficient (Wildman–Crippen LogP) is 2.40. The van der Waals surface area contributed by atoms with Gasteiger partial charge in [0.05, 0.1) is 20.1 Å². The van der Waals surface area contributed by atoms with Crippen LogP contribution >= 0.6 is 0 Å². The molecule has 4 nitrogen and oxygen atoms in total. The average molecular weight is 266 g/mol. The molecule has 0 atom stereocenters. The molecule has 1 aromatic rings. The Kier molecular flexibility index (Phi) is 10.4. The van der Waals surface area contributed by atoms with E-state index in [2.05, 4.69) is 9.47 Å². The molecule has 0 saturated heterocycles. The van der Waals surface area contributed by atoms with E-state index < -0.39 is 0 Å². The number of rotatable bonds is 6. The van der Waals surface area contributed by atoms with Crippen molar-refractivity contribution < 1.29 is 19.1 Å². The van der Waals surface area contributed by atoms with Gasteiger partial charge in [-0.2, -0.15) is 0 Å². The summed E-state index contributed by atoms with van der Waals surface area (Å²) in [6.07, 6.45) is 1.87. The minimum absolute atomic E-state index is 0.230. The lowest BCUT2D eigenvalue weighted by Gasteiger charge is -1.96. The molecule has 0 aliphatic rings. The highest BCUT2D eigenvalue weighted by Gasteiger charge is 1.95. The first-order valence-electron chi connectivity index (χ1n) is 6.19. The number of ketones is 1. The van der Waals surface area contributed by atoms with Gasteiger partial charge < -0.3 is 14.3 Å². The summed E-state index contributed by atoms with van der Waals surface area (Å²) in [7, 11) is 2.90. The van der Waals surface area contributed by atoms with Crippen LogP contribution in [0.4, 0.5) is 0 Å². The van der Waals surface area contributed by atoms with Crippen LogP contribution < -0.4 is 0 Å². The number of hydrogen-bond donors (Lipinski definition) is 0. The number of carbonyl (C=O) groups is 2. The summed E-state index contributed by atoms with van der Waals surface area (Å²) in [5, 5.41) is 0. The van der Waals surface area contributed by atoms with Gasteiger partial charge in [0.25, 0.3) is 0 Å². The molecular formula is C15H22O4. The maximum absolute atomic E-state index is 10.6. The normalized spacial score (nSPS) is 9.21. The lowest BCUT2D eigenvalue weighted by Crippen LogP contribution is -2.03. The van der Waals surface area contributed by atoms with Gasteiger partial charge in [-0.1, -0.05) is 30.3 Å². The zero-order chi connectivity index (χ0) is 14.5. The number of carbonyl (C=O) groups excluding carboxylic acids is 2. The van der Waals surface area contributed by atoms with Crippen molar-refractivity contribution in [3.63, 3.8) is 0 Å². The van der Waals surface area contributed by atoms with Crippen LogP contribution in [0.25, 0.3) is 0 Å². The van der Waals surface area contributed by atoms with E-state index in [-0.39, 0.29) is 11.8 Å². The minimum Gasteiger partial charge on any atom is -0.469 e. The first-order chi connectivity index (χ1) is 9.10. The quantitative estimate of drug-likeness (QED) is 0.742. The van der Waals surface area contributed by atoms with E-state index in [0.717, 1.165) is 6.42 Å². The Balaban J connectivity index is 0.000000362. The van der Waals surface area contributed by atoms with Crippen LogP contribution in [-0.2, 0) is 25.5 Å². The molecule has 0 heterocycles. The zero-order valence-corrected chi connectivity index (χ0v) is 11.8. The lowest BCUT2D eigenvalue weighted by molar-refractivity contribution is -0.141. The van der Waals surface area contributed by atoms with Gasteiger partial charge in [-0.3, -0.25) is 4.79 Å². The standard InChI is InChI=1S/C10H12O.C5H10O3/c1-9(11)7-8-10-5-3-2-4-6-10;1-7-4-3-5(6)8-2/h2-6H,7-8H2,1H3;3-4H2,1-2H3. The van der Waals surface area contributed by atoms with Gasteiger partial charge >= 0.3 is 5.97 Å². The van der Waals surface area contributed by atoms with Crippen molar-refractivity contribution >= 4 is 11.8 Å². The van der Waals surface area contributed by atoms with Crippen LogP contribution in [0.5, 0.6) is 0 Å². The lowest BCUT2D eigenvalue weighted by atomic mass is 10.1. The minimum atomic E-state index is -0.230. The first-order valence-corrected chi connectivity index (χ1v) is 6.19. The molecule has 106 valence electrons. The molecule has 0 radical (unpaired) electrons. The summed E-state index contributed by atoms with van der Waals surface area (Å²) < 4.78 is 8.95. The average Bonchev–Trinajstić information content (AvgIpc) is 2.44. The summed E-state index contributed by atoms with van der Waals surface area (Å²) in [6, 6.07) is 10.1. The fourth-order valence-corrected chi connectivity index (χ4v) is 1.25. The van der Waals surface area contributed by atoms with Crippen molar-refractivity contribution in [3.8, 4) is 0 Å². The molecule has 0 spiro atoms. The van der Waals surface area contributed by atoms with E-state index in [1.54, 1.807) is 14.0 Å². The fourth-order valence-electron chi connectivity index (χ4n) is 1.25. The molecule has 0 amide bonds. The molecule has 19 heavy (non-hydrogen) atoms. The molecule has 0 aliphatic carbocycles. The maximum atomic E-state index is 10.6. The summed E-state index contributed by atoms with van der Waals surface area (Å²) in [5.41, 5.74) is 1.24. The number of ether oxygens (including phenoxy) is 2. The maximum Gasteiger partial charge on any atom is 0.307 e. The van der Waals surface area contributed by atoms with Gasteiger partial charge in [-0.05, 0) is 18.9 Å². The molecule has 0 unspecified atom stereocenters. The van der Waals surface area contributed by atoms with E-state index in [1.807, 2.05) is 30.3 Å². The number of benzene rings is 1. The van der Waals surface area contributed by atoms with Crippen molar-refractivity contribution in [2.45, 2.75) is 26.2 Å². The Hall–Kier alpha value is -1.68.